The van der Waals surface area contributed by atoms with Gasteiger partial charge in [-0.15, -0.1) is 10.2 Å². The number of halogens is 1. The van der Waals surface area contributed by atoms with Gasteiger partial charge >= 0.3 is 0 Å². The van der Waals surface area contributed by atoms with Gasteiger partial charge in [0.05, 0.1) is 5.69 Å². The van der Waals surface area contributed by atoms with E-state index in [1.165, 1.54) is 0 Å². The van der Waals surface area contributed by atoms with Gasteiger partial charge < -0.3 is 24.6 Å². The number of rotatable bonds is 6. The zero-order valence-corrected chi connectivity index (χ0v) is 15.6. The Morgan fingerprint density at radius 3 is 2.76 bits per heavy atom. The van der Waals surface area contributed by atoms with Crippen molar-refractivity contribution in [3.63, 3.8) is 0 Å². The van der Waals surface area contributed by atoms with E-state index in [-0.39, 0.29) is 12.5 Å². The predicted molar refractivity (Wildman–Crippen MR) is 96.7 cm³/mol. The molecule has 0 fully saturated rings. The number of aliphatic hydroxyl groups excluding tert-OH is 1. The molecule has 0 bridgehead atoms. The fraction of sp³-hybridized carbons (Fsp3) is 0.294. The van der Waals surface area contributed by atoms with Crippen LogP contribution < -0.4 is 10.5 Å². The number of ether oxygens (including phenoxy) is 1. The highest BCUT2D eigenvalue weighted by Gasteiger charge is 2.21. The third-order valence-electron chi connectivity index (χ3n) is 3.72. The molecule has 0 aliphatic heterocycles. The summed E-state index contributed by atoms with van der Waals surface area (Å²) in [7, 11) is 0. The van der Waals surface area contributed by atoms with Gasteiger partial charge in [-0.05, 0) is 43.7 Å². The van der Waals surface area contributed by atoms with Crippen LogP contribution in [0.1, 0.15) is 17.1 Å². The fourth-order valence-corrected chi connectivity index (χ4v) is 3.09. The molecule has 25 heavy (non-hydrogen) atoms. The Balaban J connectivity index is 2.19. The molecular formula is C17H19BrN4O3. The topological polar surface area (TPSA) is 99.3 Å². The molecule has 0 radical (unpaired) electrons. The zero-order chi connectivity index (χ0) is 18.0. The number of aryl methyl sites for hydroxylation is 2. The second kappa shape index (κ2) is 7.38. The van der Waals surface area contributed by atoms with Crippen LogP contribution in [0.4, 0.5) is 0 Å². The summed E-state index contributed by atoms with van der Waals surface area (Å²) < 4.78 is 14.3. The molecule has 2 aromatic heterocycles. The first kappa shape index (κ1) is 17.7. The molecule has 0 saturated carbocycles. The summed E-state index contributed by atoms with van der Waals surface area (Å²) in [6, 6.07) is 7.80. The molecule has 0 atom stereocenters. The quantitative estimate of drug-likeness (QED) is 0.652. The first-order valence-corrected chi connectivity index (χ1v) is 8.59. The molecule has 0 saturated heterocycles. The number of aromatic nitrogens is 3. The van der Waals surface area contributed by atoms with Crippen LogP contribution in [0.25, 0.3) is 17.3 Å². The Bertz CT molecular complexity index is 888. The van der Waals surface area contributed by atoms with Crippen LogP contribution in [-0.2, 0) is 6.61 Å². The van der Waals surface area contributed by atoms with Crippen molar-refractivity contribution < 1.29 is 14.3 Å². The maximum absolute atomic E-state index is 9.20. The van der Waals surface area contributed by atoms with E-state index in [1.807, 2.05) is 42.7 Å². The molecule has 0 spiro atoms. The van der Waals surface area contributed by atoms with Gasteiger partial charge in [0.25, 0.3) is 5.89 Å². The van der Waals surface area contributed by atoms with E-state index in [0.29, 0.717) is 24.8 Å². The van der Waals surface area contributed by atoms with E-state index in [4.69, 9.17) is 14.9 Å². The molecule has 1 aromatic carbocycles. The molecule has 132 valence electrons. The van der Waals surface area contributed by atoms with E-state index in [0.717, 1.165) is 27.1 Å². The van der Waals surface area contributed by atoms with Crippen molar-refractivity contribution in [1.29, 1.82) is 0 Å². The Labute approximate surface area is 153 Å². The van der Waals surface area contributed by atoms with Gasteiger partial charge in [0, 0.05) is 16.7 Å². The Morgan fingerprint density at radius 2 is 2.08 bits per heavy atom. The summed E-state index contributed by atoms with van der Waals surface area (Å²) in [6.07, 6.45) is 0. The summed E-state index contributed by atoms with van der Waals surface area (Å²) in [5.74, 6) is 1.23. The molecule has 0 aliphatic carbocycles. The Kier molecular flexibility index (Phi) is 5.22. The minimum Gasteiger partial charge on any atom is -0.490 e. The number of benzene rings is 1. The molecular weight excluding hydrogens is 388 g/mol. The van der Waals surface area contributed by atoms with Gasteiger partial charge in [-0.3, -0.25) is 0 Å². The minimum absolute atomic E-state index is 0.175. The van der Waals surface area contributed by atoms with Crippen LogP contribution >= 0.6 is 15.9 Å². The van der Waals surface area contributed by atoms with Crippen LogP contribution in [0.5, 0.6) is 5.75 Å². The van der Waals surface area contributed by atoms with Crippen LogP contribution in [0, 0.1) is 13.8 Å². The van der Waals surface area contributed by atoms with Crippen molar-refractivity contribution in [2.24, 2.45) is 5.73 Å². The van der Waals surface area contributed by atoms with E-state index in [2.05, 4.69) is 26.1 Å². The van der Waals surface area contributed by atoms with Crippen molar-refractivity contribution in [2.45, 2.75) is 20.5 Å². The standard InChI is InChI=1S/C17H19BrN4O3/c1-10-7-11(2)22(16(10)17-21-20-15(9-23)25-17)13-8-12(18)3-4-14(13)24-6-5-19/h3-4,7-8,23H,5-6,9,19H2,1-2H3. The number of aliphatic hydroxyl groups is 1. The van der Waals surface area contributed by atoms with Crippen molar-refractivity contribution in [3.8, 4) is 23.0 Å². The summed E-state index contributed by atoms with van der Waals surface area (Å²) in [6.45, 7) is 4.51. The molecule has 7 nitrogen and oxygen atoms in total. The largest absolute Gasteiger partial charge is 0.490 e. The molecule has 3 rings (SSSR count). The molecule has 3 N–H and O–H groups in total. The number of nitrogens with two attached hydrogens (primary N) is 1. The molecule has 0 unspecified atom stereocenters. The molecule has 0 aliphatic rings. The maximum atomic E-state index is 9.20. The highest BCUT2D eigenvalue weighted by Crippen LogP contribution is 2.35. The molecule has 3 aromatic rings. The summed E-state index contributed by atoms with van der Waals surface area (Å²) >= 11 is 3.51. The van der Waals surface area contributed by atoms with Gasteiger partial charge in [0.1, 0.15) is 24.7 Å². The normalized spacial score (nSPS) is 11.1. The lowest BCUT2D eigenvalue weighted by molar-refractivity contribution is 0.241. The smallest absolute Gasteiger partial charge is 0.265 e. The first-order valence-electron chi connectivity index (χ1n) is 7.80. The van der Waals surface area contributed by atoms with Gasteiger partial charge in [-0.2, -0.15) is 0 Å². The van der Waals surface area contributed by atoms with Gasteiger partial charge in [0.15, 0.2) is 0 Å². The van der Waals surface area contributed by atoms with Gasteiger partial charge in [0.2, 0.25) is 5.89 Å². The van der Waals surface area contributed by atoms with Crippen molar-refractivity contribution in [1.82, 2.24) is 14.8 Å². The van der Waals surface area contributed by atoms with E-state index < -0.39 is 0 Å². The monoisotopic (exact) mass is 406 g/mol. The van der Waals surface area contributed by atoms with Crippen LogP contribution in [0.15, 0.2) is 33.2 Å². The summed E-state index contributed by atoms with van der Waals surface area (Å²) in [4.78, 5) is 0. The Hall–Kier alpha value is -2.16. The second-order valence-electron chi connectivity index (χ2n) is 5.56. The van der Waals surface area contributed by atoms with Crippen molar-refractivity contribution >= 4 is 15.9 Å². The third kappa shape index (κ3) is 3.46. The number of hydrogen-bond acceptors (Lipinski definition) is 6. The third-order valence-corrected chi connectivity index (χ3v) is 4.21. The lowest BCUT2D eigenvalue weighted by Crippen LogP contribution is -2.12. The fourth-order valence-electron chi connectivity index (χ4n) is 2.74. The lowest BCUT2D eigenvalue weighted by atomic mass is 10.2. The van der Waals surface area contributed by atoms with E-state index >= 15 is 0 Å². The maximum Gasteiger partial charge on any atom is 0.265 e. The van der Waals surface area contributed by atoms with Gasteiger partial charge in [-0.1, -0.05) is 15.9 Å². The second-order valence-corrected chi connectivity index (χ2v) is 6.48. The molecule has 8 heteroatoms. The predicted octanol–water partition coefficient (Wildman–Crippen LogP) is 2.74. The number of nitrogens with zero attached hydrogens (tertiary/aromatic N) is 3. The van der Waals surface area contributed by atoms with Crippen LogP contribution in [0.2, 0.25) is 0 Å². The van der Waals surface area contributed by atoms with E-state index in [1.54, 1.807) is 0 Å². The van der Waals surface area contributed by atoms with Crippen LogP contribution in [0.3, 0.4) is 0 Å². The van der Waals surface area contributed by atoms with Gasteiger partial charge in [-0.25, -0.2) is 0 Å². The highest BCUT2D eigenvalue weighted by molar-refractivity contribution is 9.10. The SMILES string of the molecule is Cc1cc(C)n(-c2cc(Br)ccc2OCCN)c1-c1nnc(CO)o1. The average Bonchev–Trinajstić information content (AvgIpc) is 3.17. The Morgan fingerprint density at radius 1 is 1.28 bits per heavy atom. The molecule has 2 heterocycles. The lowest BCUT2D eigenvalue weighted by Gasteiger charge is -2.16. The highest BCUT2D eigenvalue weighted by atomic mass is 79.9. The average molecular weight is 407 g/mol. The summed E-state index contributed by atoms with van der Waals surface area (Å²) in [5.41, 5.74) is 9.15. The zero-order valence-electron chi connectivity index (χ0n) is 14.0. The van der Waals surface area contributed by atoms with Crippen molar-refractivity contribution in [3.05, 3.63) is 45.9 Å². The summed E-state index contributed by atoms with van der Waals surface area (Å²) in [5, 5.41) is 17.1. The van der Waals surface area contributed by atoms with E-state index in [9.17, 15) is 5.11 Å². The molecule has 0 amide bonds. The van der Waals surface area contributed by atoms with Crippen molar-refractivity contribution in [2.75, 3.05) is 13.2 Å². The van der Waals surface area contributed by atoms with Crippen LogP contribution in [-0.4, -0.2) is 33.0 Å². The number of hydrogen-bond donors (Lipinski definition) is 2. The first-order chi connectivity index (χ1) is 12.0. The minimum atomic E-state index is -0.298.